The SMILES string of the molecule is CCC=C(CC)C1CCCC1. The van der Waals surface area contributed by atoms with Crippen LogP contribution < -0.4 is 0 Å². The number of allylic oxidation sites excluding steroid dienone is 2. The van der Waals surface area contributed by atoms with Gasteiger partial charge in [0.1, 0.15) is 0 Å². The Balaban J connectivity index is 2.46. The molecule has 0 N–H and O–H groups in total. The van der Waals surface area contributed by atoms with Crippen molar-refractivity contribution in [3.63, 3.8) is 0 Å². The molecular weight excluding hydrogens is 132 g/mol. The summed E-state index contributed by atoms with van der Waals surface area (Å²) in [4.78, 5) is 0. The molecule has 0 atom stereocenters. The second-order valence-electron chi connectivity index (χ2n) is 3.52. The highest BCUT2D eigenvalue weighted by molar-refractivity contribution is 5.07. The Morgan fingerprint density at radius 2 is 1.91 bits per heavy atom. The van der Waals surface area contributed by atoms with Crippen LogP contribution in [0.4, 0.5) is 0 Å². The van der Waals surface area contributed by atoms with Crippen LogP contribution in [0.1, 0.15) is 52.4 Å². The molecule has 0 heterocycles. The Bertz CT molecular complexity index is 127. The number of hydrogen-bond donors (Lipinski definition) is 0. The Morgan fingerprint density at radius 3 is 2.36 bits per heavy atom. The van der Waals surface area contributed by atoms with Gasteiger partial charge in [0.25, 0.3) is 0 Å². The van der Waals surface area contributed by atoms with Crippen LogP contribution in [0, 0.1) is 5.92 Å². The van der Waals surface area contributed by atoms with Crippen molar-refractivity contribution in [1.29, 1.82) is 0 Å². The Kier molecular flexibility index (Phi) is 3.68. The van der Waals surface area contributed by atoms with Gasteiger partial charge in [-0.25, -0.2) is 0 Å². The first-order chi connectivity index (χ1) is 5.38. The van der Waals surface area contributed by atoms with Gasteiger partial charge in [-0.3, -0.25) is 0 Å². The molecule has 0 heteroatoms. The first-order valence-corrected chi connectivity index (χ1v) is 5.07. The summed E-state index contributed by atoms with van der Waals surface area (Å²) in [7, 11) is 0. The van der Waals surface area contributed by atoms with Crippen LogP contribution in [-0.4, -0.2) is 0 Å². The average Bonchev–Trinajstić information content (AvgIpc) is 2.52. The molecule has 64 valence electrons. The number of hydrogen-bond acceptors (Lipinski definition) is 0. The summed E-state index contributed by atoms with van der Waals surface area (Å²) in [6, 6.07) is 0. The Hall–Kier alpha value is -0.260. The standard InChI is InChI=1S/C11H20/c1-3-7-10(4-2)11-8-5-6-9-11/h7,11H,3-6,8-9H2,1-2H3. The lowest BCUT2D eigenvalue weighted by atomic mass is 9.94. The van der Waals surface area contributed by atoms with Crippen LogP contribution in [0.5, 0.6) is 0 Å². The second-order valence-corrected chi connectivity index (χ2v) is 3.52. The normalized spacial score (nSPS) is 21.1. The smallest absolute Gasteiger partial charge is 0.0203 e. The molecule has 0 radical (unpaired) electrons. The van der Waals surface area contributed by atoms with E-state index in [1.165, 1.54) is 38.5 Å². The van der Waals surface area contributed by atoms with Gasteiger partial charge in [0.05, 0.1) is 0 Å². The molecule has 0 aromatic carbocycles. The van der Waals surface area contributed by atoms with Gasteiger partial charge >= 0.3 is 0 Å². The second kappa shape index (κ2) is 4.58. The molecule has 1 rings (SSSR count). The molecular formula is C11H20. The quantitative estimate of drug-likeness (QED) is 0.538. The maximum atomic E-state index is 2.44. The third kappa shape index (κ3) is 2.36. The predicted octanol–water partition coefficient (Wildman–Crippen LogP) is 3.92. The third-order valence-corrected chi connectivity index (χ3v) is 2.75. The van der Waals surface area contributed by atoms with Gasteiger partial charge in [0.15, 0.2) is 0 Å². The molecule has 0 nitrogen and oxygen atoms in total. The van der Waals surface area contributed by atoms with Gasteiger partial charge in [-0.1, -0.05) is 38.3 Å². The minimum Gasteiger partial charge on any atom is -0.0853 e. The Labute approximate surface area is 70.7 Å². The van der Waals surface area contributed by atoms with Crippen molar-refractivity contribution in [2.75, 3.05) is 0 Å². The Morgan fingerprint density at radius 1 is 1.27 bits per heavy atom. The van der Waals surface area contributed by atoms with E-state index in [2.05, 4.69) is 19.9 Å². The maximum absolute atomic E-state index is 2.44. The van der Waals surface area contributed by atoms with E-state index < -0.39 is 0 Å². The molecule has 0 unspecified atom stereocenters. The molecule has 0 aromatic heterocycles. The van der Waals surface area contributed by atoms with Gasteiger partial charge in [0, 0.05) is 0 Å². The van der Waals surface area contributed by atoms with Gasteiger partial charge < -0.3 is 0 Å². The van der Waals surface area contributed by atoms with Crippen molar-refractivity contribution in [2.45, 2.75) is 52.4 Å². The molecule has 1 saturated carbocycles. The summed E-state index contributed by atoms with van der Waals surface area (Å²) in [5, 5.41) is 0. The minimum atomic E-state index is 0.958. The van der Waals surface area contributed by atoms with E-state index in [0.717, 1.165) is 5.92 Å². The molecule has 1 aliphatic rings. The zero-order chi connectivity index (χ0) is 8.10. The molecule has 0 bridgehead atoms. The van der Waals surface area contributed by atoms with Gasteiger partial charge in [-0.05, 0) is 31.6 Å². The lowest BCUT2D eigenvalue weighted by Gasteiger charge is -2.11. The van der Waals surface area contributed by atoms with E-state index in [-0.39, 0.29) is 0 Å². The lowest BCUT2D eigenvalue weighted by Crippen LogP contribution is -1.97. The summed E-state index contributed by atoms with van der Waals surface area (Å²) < 4.78 is 0. The van der Waals surface area contributed by atoms with Crippen LogP contribution in [0.25, 0.3) is 0 Å². The highest BCUT2D eigenvalue weighted by Gasteiger charge is 2.17. The summed E-state index contributed by atoms with van der Waals surface area (Å²) in [6.07, 6.45) is 10.8. The fourth-order valence-corrected chi connectivity index (χ4v) is 2.16. The van der Waals surface area contributed by atoms with Crippen LogP contribution >= 0.6 is 0 Å². The van der Waals surface area contributed by atoms with Crippen LogP contribution in [0.2, 0.25) is 0 Å². The topological polar surface area (TPSA) is 0 Å². The first kappa shape index (κ1) is 8.83. The van der Waals surface area contributed by atoms with E-state index in [1.54, 1.807) is 5.57 Å². The predicted molar refractivity (Wildman–Crippen MR) is 50.6 cm³/mol. The summed E-state index contributed by atoms with van der Waals surface area (Å²) in [5.41, 5.74) is 1.73. The van der Waals surface area contributed by atoms with Gasteiger partial charge in [0.2, 0.25) is 0 Å². The number of rotatable bonds is 3. The molecule has 0 amide bonds. The van der Waals surface area contributed by atoms with E-state index in [4.69, 9.17) is 0 Å². The monoisotopic (exact) mass is 152 g/mol. The highest BCUT2D eigenvalue weighted by Crippen LogP contribution is 2.32. The summed E-state index contributed by atoms with van der Waals surface area (Å²) in [6.45, 7) is 4.53. The van der Waals surface area contributed by atoms with Gasteiger partial charge in [-0.15, -0.1) is 0 Å². The maximum Gasteiger partial charge on any atom is -0.0203 e. The molecule has 11 heavy (non-hydrogen) atoms. The van der Waals surface area contributed by atoms with Gasteiger partial charge in [-0.2, -0.15) is 0 Å². The molecule has 0 saturated heterocycles. The van der Waals surface area contributed by atoms with Crippen molar-refractivity contribution >= 4 is 0 Å². The van der Waals surface area contributed by atoms with Crippen molar-refractivity contribution in [3.8, 4) is 0 Å². The van der Waals surface area contributed by atoms with Crippen molar-refractivity contribution in [1.82, 2.24) is 0 Å². The van der Waals surface area contributed by atoms with Crippen LogP contribution in [0.3, 0.4) is 0 Å². The van der Waals surface area contributed by atoms with Crippen LogP contribution in [-0.2, 0) is 0 Å². The fraction of sp³-hybridized carbons (Fsp3) is 0.818. The molecule has 0 aromatic rings. The zero-order valence-corrected chi connectivity index (χ0v) is 7.90. The molecule has 1 fully saturated rings. The molecule has 1 aliphatic carbocycles. The zero-order valence-electron chi connectivity index (χ0n) is 7.90. The lowest BCUT2D eigenvalue weighted by molar-refractivity contribution is 0.617. The van der Waals surface area contributed by atoms with E-state index in [9.17, 15) is 0 Å². The average molecular weight is 152 g/mol. The third-order valence-electron chi connectivity index (χ3n) is 2.75. The fourth-order valence-electron chi connectivity index (χ4n) is 2.16. The van der Waals surface area contributed by atoms with Crippen LogP contribution in [0.15, 0.2) is 11.6 Å². The summed E-state index contributed by atoms with van der Waals surface area (Å²) >= 11 is 0. The minimum absolute atomic E-state index is 0.958. The highest BCUT2D eigenvalue weighted by atomic mass is 14.2. The first-order valence-electron chi connectivity index (χ1n) is 5.07. The van der Waals surface area contributed by atoms with E-state index >= 15 is 0 Å². The molecule has 0 aliphatic heterocycles. The summed E-state index contributed by atoms with van der Waals surface area (Å²) in [5.74, 6) is 0.958. The van der Waals surface area contributed by atoms with Crippen molar-refractivity contribution < 1.29 is 0 Å². The van der Waals surface area contributed by atoms with E-state index in [0.29, 0.717) is 0 Å². The van der Waals surface area contributed by atoms with E-state index in [1.807, 2.05) is 0 Å². The van der Waals surface area contributed by atoms with Crippen molar-refractivity contribution in [3.05, 3.63) is 11.6 Å². The largest absolute Gasteiger partial charge is 0.0853 e. The molecule has 0 spiro atoms. The van der Waals surface area contributed by atoms with Crippen molar-refractivity contribution in [2.24, 2.45) is 5.92 Å².